The highest BCUT2D eigenvalue weighted by Gasteiger charge is 2.23. The minimum absolute atomic E-state index is 0.203. The highest BCUT2D eigenvalue weighted by atomic mass is 16.6. The summed E-state index contributed by atoms with van der Waals surface area (Å²) in [5.41, 5.74) is 0. The van der Waals surface area contributed by atoms with E-state index in [2.05, 4.69) is 5.32 Å². The van der Waals surface area contributed by atoms with Crippen LogP contribution in [-0.2, 0) is 14.3 Å². The van der Waals surface area contributed by atoms with E-state index in [0.717, 1.165) is 25.7 Å². The predicted octanol–water partition coefficient (Wildman–Crippen LogP) is 2.06. The zero-order valence-electron chi connectivity index (χ0n) is 12.2. The van der Waals surface area contributed by atoms with Crippen molar-refractivity contribution in [3.8, 4) is 5.75 Å². The maximum atomic E-state index is 11.9. The van der Waals surface area contributed by atoms with E-state index in [1.165, 1.54) is 0 Å². The molecule has 2 rings (SSSR count). The highest BCUT2D eigenvalue weighted by molar-refractivity contribution is 5.83. The average molecular weight is 291 g/mol. The first kappa shape index (κ1) is 15.4. The van der Waals surface area contributed by atoms with Crippen molar-refractivity contribution >= 4 is 11.9 Å². The number of amides is 1. The van der Waals surface area contributed by atoms with Gasteiger partial charge in [0.15, 0.2) is 12.7 Å². The van der Waals surface area contributed by atoms with Gasteiger partial charge >= 0.3 is 5.97 Å². The Morgan fingerprint density at radius 3 is 2.57 bits per heavy atom. The third-order valence-corrected chi connectivity index (χ3v) is 3.48. The molecule has 1 aliphatic rings. The van der Waals surface area contributed by atoms with Crippen molar-refractivity contribution in [2.75, 3.05) is 6.61 Å². The van der Waals surface area contributed by atoms with E-state index in [1.807, 2.05) is 18.2 Å². The van der Waals surface area contributed by atoms with Crippen LogP contribution in [0.3, 0.4) is 0 Å². The summed E-state index contributed by atoms with van der Waals surface area (Å²) < 4.78 is 10.3. The van der Waals surface area contributed by atoms with Crippen LogP contribution < -0.4 is 10.1 Å². The largest absolute Gasteiger partial charge is 0.482 e. The lowest BCUT2D eigenvalue weighted by Crippen LogP contribution is -2.41. The van der Waals surface area contributed by atoms with E-state index in [9.17, 15) is 9.59 Å². The molecular formula is C16H21NO4. The highest BCUT2D eigenvalue weighted by Crippen LogP contribution is 2.17. The van der Waals surface area contributed by atoms with Crippen LogP contribution in [0.15, 0.2) is 30.3 Å². The van der Waals surface area contributed by atoms with Crippen molar-refractivity contribution in [1.82, 2.24) is 5.32 Å². The SMILES string of the molecule is C[C@@H](OC(=O)COc1ccccc1)C(=O)NC1CCCC1. The molecule has 1 saturated carbocycles. The van der Waals surface area contributed by atoms with Gasteiger partial charge in [0.05, 0.1) is 0 Å². The van der Waals surface area contributed by atoms with Gasteiger partial charge in [0, 0.05) is 6.04 Å². The quantitative estimate of drug-likeness (QED) is 0.815. The topological polar surface area (TPSA) is 64.6 Å². The molecule has 0 unspecified atom stereocenters. The predicted molar refractivity (Wildman–Crippen MR) is 77.9 cm³/mol. The monoisotopic (exact) mass is 291 g/mol. The van der Waals surface area contributed by atoms with Crippen LogP contribution in [0.25, 0.3) is 0 Å². The maximum Gasteiger partial charge on any atom is 0.344 e. The third-order valence-electron chi connectivity index (χ3n) is 3.48. The van der Waals surface area contributed by atoms with Crippen molar-refractivity contribution < 1.29 is 19.1 Å². The van der Waals surface area contributed by atoms with E-state index in [4.69, 9.17) is 9.47 Å². The third kappa shape index (κ3) is 5.10. The smallest absolute Gasteiger partial charge is 0.344 e. The number of carbonyl (C=O) groups is 2. The number of para-hydroxylation sites is 1. The lowest BCUT2D eigenvalue weighted by molar-refractivity contribution is -0.156. The fraction of sp³-hybridized carbons (Fsp3) is 0.500. The number of carbonyl (C=O) groups excluding carboxylic acids is 2. The van der Waals surface area contributed by atoms with Gasteiger partial charge in [-0.25, -0.2) is 4.79 Å². The average Bonchev–Trinajstić information content (AvgIpc) is 2.99. The van der Waals surface area contributed by atoms with Gasteiger partial charge in [-0.15, -0.1) is 0 Å². The number of esters is 1. The Hall–Kier alpha value is -2.04. The first-order valence-electron chi connectivity index (χ1n) is 7.33. The van der Waals surface area contributed by atoms with Crippen LogP contribution in [0.1, 0.15) is 32.6 Å². The summed E-state index contributed by atoms with van der Waals surface area (Å²) in [5, 5.41) is 2.90. The Bertz CT molecular complexity index is 468. The van der Waals surface area contributed by atoms with Gasteiger partial charge in [0.25, 0.3) is 5.91 Å². The Kier molecular flexibility index (Phi) is 5.60. The Morgan fingerprint density at radius 1 is 1.24 bits per heavy atom. The van der Waals surface area contributed by atoms with E-state index < -0.39 is 12.1 Å². The van der Waals surface area contributed by atoms with Crippen LogP contribution in [0.5, 0.6) is 5.75 Å². The van der Waals surface area contributed by atoms with Gasteiger partial charge in [0.1, 0.15) is 5.75 Å². The lowest BCUT2D eigenvalue weighted by Gasteiger charge is -2.17. The first-order chi connectivity index (χ1) is 10.1. The summed E-state index contributed by atoms with van der Waals surface area (Å²) in [5.74, 6) is -0.194. The normalized spacial score (nSPS) is 16.2. The number of nitrogens with one attached hydrogen (secondary N) is 1. The summed E-state index contributed by atoms with van der Waals surface area (Å²) in [7, 11) is 0. The lowest BCUT2D eigenvalue weighted by atomic mass is 10.2. The van der Waals surface area contributed by atoms with Gasteiger partial charge in [-0.05, 0) is 31.9 Å². The van der Waals surface area contributed by atoms with Crippen LogP contribution in [0.4, 0.5) is 0 Å². The molecule has 5 nitrogen and oxygen atoms in total. The van der Waals surface area contributed by atoms with Crippen LogP contribution >= 0.6 is 0 Å². The Balaban J connectivity index is 1.69. The molecule has 0 radical (unpaired) electrons. The Morgan fingerprint density at radius 2 is 1.90 bits per heavy atom. The minimum atomic E-state index is -0.794. The summed E-state index contributed by atoms with van der Waals surface area (Å²) in [6.45, 7) is 1.37. The Labute approximate surface area is 124 Å². The standard InChI is InChI=1S/C16H21NO4/c1-12(16(19)17-13-7-5-6-8-13)21-15(18)11-20-14-9-3-2-4-10-14/h2-4,9-10,12-13H,5-8,11H2,1H3,(H,17,19)/t12-/m1/s1. The number of hydrogen-bond donors (Lipinski definition) is 1. The molecular weight excluding hydrogens is 270 g/mol. The van der Waals surface area contributed by atoms with E-state index >= 15 is 0 Å². The fourth-order valence-electron chi connectivity index (χ4n) is 2.33. The van der Waals surface area contributed by atoms with Gasteiger partial charge in [0.2, 0.25) is 0 Å². The molecule has 21 heavy (non-hydrogen) atoms. The van der Waals surface area contributed by atoms with Gasteiger partial charge < -0.3 is 14.8 Å². The van der Waals surface area contributed by atoms with Crippen molar-refractivity contribution in [1.29, 1.82) is 0 Å². The van der Waals surface area contributed by atoms with Crippen molar-refractivity contribution in [2.24, 2.45) is 0 Å². The van der Waals surface area contributed by atoms with Crippen molar-refractivity contribution in [3.63, 3.8) is 0 Å². The molecule has 0 aromatic heterocycles. The van der Waals surface area contributed by atoms with E-state index in [1.54, 1.807) is 19.1 Å². The molecule has 0 aliphatic heterocycles. The van der Waals surface area contributed by atoms with Crippen LogP contribution in [0.2, 0.25) is 0 Å². The van der Waals surface area contributed by atoms with Crippen LogP contribution in [-0.4, -0.2) is 30.6 Å². The zero-order chi connectivity index (χ0) is 15.1. The number of ether oxygens (including phenoxy) is 2. The molecule has 1 aliphatic carbocycles. The molecule has 5 heteroatoms. The van der Waals surface area contributed by atoms with Crippen molar-refractivity contribution in [3.05, 3.63) is 30.3 Å². The number of benzene rings is 1. The summed E-state index contributed by atoms with van der Waals surface area (Å²) in [4.78, 5) is 23.5. The maximum absolute atomic E-state index is 11.9. The molecule has 1 atom stereocenters. The second kappa shape index (κ2) is 7.67. The molecule has 0 saturated heterocycles. The zero-order valence-corrected chi connectivity index (χ0v) is 12.2. The summed E-state index contributed by atoms with van der Waals surface area (Å²) in [6, 6.07) is 9.23. The summed E-state index contributed by atoms with van der Waals surface area (Å²) >= 11 is 0. The fourth-order valence-corrected chi connectivity index (χ4v) is 2.33. The van der Waals surface area contributed by atoms with Crippen LogP contribution in [0, 0.1) is 0 Å². The number of hydrogen-bond acceptors (Lipinski definition) is 4. The van der Waals surface area contributed by atoms with Gasteiger partial charge in [-0.3, -0.25) is 4.79 Å². The minimum Gasteiger partial charge on any atom is -0.482 e. The van der Waals surface area contributed by atoms with E-state index in [-0.39, 0.29) is 18.6 Å². The molecule has 0 bridgehead atoms. The molecule has 1 fully saturated rings. The number of rotatable bonds is 6. The molecule has 0 spiro atoms. The molecule has 1 N–H and O–H groups in total. The van der Waals surface area contributed by atoms with Gasteiger partial charge in [-0.1, -0.05) is 31.0 Å². The first-order valence-corrected chi connectivity index (χ1v) is 7.33. The summed E-state index contributed by atoms with van der Waals surface area (Å²) in [6.07, 6.45) is 3.50. The van der Waals surface area contributed by atoms with E-state index in [0.29, 0.717) is 5.75 Å². The molecule has 114 valence electrons. The molecule has 0 heterocycles. The molecule has 1 amide bonds. The van der Waals surface area contributed by atoms with Gasteiger partial charge in [-0.2, -0.15) is 0 Å². The second-order valence-electron chi connectivity index (χ2n) is 5.22. The van der Waals surface area contributed by atoms with Crippen molar-refractivity contribution in [2.45, 2.75) is 44.8 Å². The molecule has 1 aromatic carbocycles. The second-order valence-corrected chi connectivity index (χ2v) is 5.22. The molecule has 1 aromatic rings.